The first-order valence-corrected chi connectivity index (χ1v) is 13.1. The second-order valence-electron chi connectivity index (χ2n) is 11.7. The number of aliphatic hydroxyl groups excluding tert-OH is 2. The Morgan fingerprint density at radius 1 is 1.26 bits per heavy atom. The lowest BCUT2D eigenvalue weighted by molar-refractivity contribution is -0.205. The summed E-state index contributed by atoms with van der Waals surface area (Å²) in [6.45, 7) is 7.02. The molecule has 8 atom stereocenters. The molecule has 0 aromatic carbocycles. The predicted octanol–water partition coefficient (Wildman–Crippen LogP) is 4.23. The number of carbonyl (C=O) groups excluding carboxylic acids is 3. The van der Waals surface area contributed by atoms with E-state index in [4.69, 9.17) is 4.74 Å². The van der Waals surface area contributed by atoms with Crippen LogP contribution >= 0.6 is 0 Å². The fraction of sp³-hybridized carbons (Fsp3) is 0.750. The Hall–Kier alpha value is -1.86. The minimum Gasteiger partial charge on any atom is -0.450 e. The lowest BCUT2D eigenvalue weighted by atomic mass is 9.46. The number of unbranched alkanes of at least 4 members (excludes halogenated alkanes) is 2. The summed E-state index contributed by atoms with van der Waals surface area (Å²) in [4.78, 5) is 38.3. The molecule has 0 amide bonds. The SMILES string of the molecule is CCCCCC(=O)O[C@]1(C(=O)CO)[C@@H](C)C[C@H]2[C@@H]3CCC4=C(F)C(=O)C=C[C@]4(C)[C@H]3[C@@H](O)C[C@@]21C. The summed E-state index contributed by atoms with van der Waals surface area (Å²) in [5.41, 5.74) is -2.70. The van der Waals surface area contributed by atoms with E-state index in [0.29, 0.717) is 31.3 Å². The molecule has 7 heteroatoms. The monoisotopic (exact) mass is 490 g/mol. The van der Waals surface area contributed by atoms with E-state index in [1.165, 1.54) is 6.08 Å². The minimum atomic E-state index is -1.51. The Morgan fingerprint density at radius 3 is 2.63 bits per heavy atom. The van der Waals surface area contributed by atoms with Gasteiger partial charge in [-0.15, -0.1) is 0 Å². The van der Waals surface area contributed by atoms with Crippen LogP contribution in [0, 0.1) is 34.5 Å². The highest BCUT2D eigenvalue weighted by Crippen LogP contribution is 2.69. The standard InChI is InChI=1S/C28H39FO6/c1-5-6-7-8-23(34)35-28(22(33)15-30)16(2)13-19-17-9-10-18-25(29)20(31)11-12-26(18,3)24(17)21(32)14-27(19,28)4/h11-12,16-17,19,21,24,30,32H,5-10,13-15H2,1-4H3/t16-,17-,19-,21-,24+,26-,27-,28-/m0/s1. The van der Waals surface area contributed by atoms with Crippen molar-refractivity contribution < 1.29 is 33.7 Å². The summed E-state index contributed by atoms with van der Waals surface area (Å²) in [6, 6.07) is 0. The van der Waals surface area contributed by atoms with E-state index in [1.54, 1.807) is 6.08 Å². The third-order valence-electron chi connectivity index (χ3n) is 9.94. The van der Waals surface area contributed by atoms with Gasteiger partial charge < -0.3 is 14.9 Å². The van der Waals surface area contributed by atoms with Gasteiger partial charge in [0.15, 0.2) is 11.4 Å². The molecule has 0 heterocycles. The Labute approximate surface area is 207 Å². The third kappa shape index (κ3) is 3.67. The van der Waals surface area contributed by atoms with Crippen molar-refractivity contribution in [3.8, 4) is 0 Å². The molecule has 0 spiro atoms. The zero-order chi connectivity index (χ0) is 25.8. The Bertz CT molecular complexity index is 970. The molecule has 4 aliphatic carbocycles. The van der Waals surface area contributed by atoms with Gasteiger partial charge in [-0.1, -0.05) is 46.6 Å². The van der Waals surface area contributed by atoms with Gasteiger partial charge in [0.1, 0.15) is 6.61 Å². The van der Waals surface area contributed by atoms with Crippen molar-refractivity contribution in [2.75, 3.05) is 6.61 Å². The third-order valence-corrected chi connectivity index (χ3v) is 9.94. The number of hydrogen-bond acceptors (Lipinski definition) is 6. The zero-order valence-corrected chi connectivity index (χ0v) is 21.3. The number of halogens is 1. The molecule has 2 N–H and O–H groups in total. The molecule has 3 fully saturated rings. The van der Waals surface area contributed by atoms with Gasteiger partial charge in [-0.2, -0.15) is 0 Å². The molecule has 0 radical (unpaired) electrons. The summed E-state index contributed by atoms with van der Waals surface area (Å²) < 4.78 is 20.9. The molecule has 3 saturated carbocycles. The van der Waals surface area contributed by atoms with Crippen LogP contribution in [0.5, 0.6) is 0 Å². The zero-order valence-electron chi connectivity index (χ0n) is 21.3. The van der Waals surface area contributed by atoms with Gasteiger partial charge in [-0.25, -0.2) is 4.39 Å². The van der Waals surface area contributed by atoms with Crippen molar-refractivity contribution in [3.63, 3.8) is 0 Å². The largest absolute Gasteiger partial charge is 0.450 e. The van der Waals surface area contributed by atoms with Crippen molar-refractivity contribution >= 4 is 17.5 Å². The molecular weight excluding hydrogens is 451 g/mol. The molecule has 194 valence electrons. The Kier molecular flexibility index (Phi) is 6.90. The highest BCUT2D eigenvalue weighted by Gasteiger charge is 2.72. The Balaban J connectivity index is 1.73. The van der Waals surface area contributed by atoms with Crippen LogP contribution in [0.25, 0.3) is 0 Å². The first-order chi connectivity index (χ1) is 16.5. The van der Waals surface area contributed by atoms with Crippen LogP contribution in [0.15, 0.2) is 23.6 Å². The van der Waals surface area contributed by atoms with E-state index in [-0.39, 0.29) is 36.5 Å². The fourth-order valence-electron chi connectivity index (χ4n) is 8.46. The highest BCUT2D eigenvalue weighted by atomic mass is 19.1. The van der Waals surface area contributed by atoms with E-state index >= 15 is 0 Å². The normalized spacial score (nSPS) is 42.4. The lowest BCUT2D eigenvalue weighted by Gasteiger charge is -2.60. The maximum atomic E-state index is 14.9. The van der Waals surface area contributed by atoms with Crippen molar-refractivity contribution in [3.05, 3.63) is 23.6 Å². The van der Waals surface area contributed by atoms with Gasteiger partial charge in [0.25, 0.3) is 0 Å². The van der Waals surface area contributed by atoms with Crippen LogP contribution in [0.1, 0.15) is 79.1 Å². The van der Waals surface area contributed by atoms with Gasteiger partial charge in [0.2, 0.25) is 11.6 Å². The highest BCUT2D eigenvalue weighted by molar-refractivity contribution is 6.04. The van der Waals surface area contributed by atoms with E-state index in [0.717, 1.165) is 12.8 Å². The number of hydrogen-bond donors (Lipinski definition) is 2. The second-order valence-corrected chi connectivity index (χ2v) is 11.7. The molecule has 35 heavy (non-hydrogen) atoms. The smallest absolute Gasteiger partial charge is 0.306 e. The van der Waals surface area contributed by atoms with Crippen molar-refractivity contribution in [2.45, 2.75) is 90.8 Å². The predicted molar refractivity (Wildman–Crippen MR) is 128 cm³/mol. The minimum absolute atomic E-state index is 0.0437. The van der Waals surface area contributed by atoms with E-state index in [2.05, 4.69) is 0 Å². The second kappa shape index (κ2) is 9.22. The molecule has 0 aromatic heterocycles. The summed E-state index contributed by atoms with van der Waals surface area (Å²) in [5, 5.41) is 21.5. The van der Waals surface area contributed by atoms with Gasteiger partial charge in [0.05, 0.1) is 6.10 Å². The number of esters is 1. The van der Waals surface area contributed by atoms with E-state index < -0.39 is 52.5 Å². The molecule has 0 aromatic rings. The summed E-state index contributed by atoms with van der Waals surface area (Å²) >= 11 is 0. The summed E-state index contributed by atoms with van der Waals surface area (Å²) in [7, 11) is 0. The molecular formula is C28H39FO6. The van der Waals surface area contributed by atoms with Crippen LogP contribution in [0.3, 0.4) is 0 Å². The molecule has 0 aliphatic heterocycles. The average Bonchev–Trinajstić information content (AvgIpc) is 3.03. The van der Waals surface area contributed by atoms with Crippen molar-refractivity contribution in [2.24, 2.45) is 34.5 Å². The molecule has 4 aliphatic rings. The van der Waals surface area contributed by atoms with Crippen molar-refractivity contribution in [1.82, 2.24) is 0 Å². The maximum absolute atomic E-state index is 14.9. The first-order valence-electron chi connectivity index (χ1n) is 13.1. The van der Waals surface area contributed by atoms with Crippen LogP contribution < -0.4 is 0 Å². The quantitative estimate of drug-likeness (QED) is 0.409. The number of aliphatic hydroxyl groups is 2. The summed E-state index contributed by atoms with van der Waals surface area (Å²) in [5.74, 6) is -3.03. The molecule has 0 bridgehead atoms. The van der Waals surface area contributed by atoms with Gasteiger partial charge in [-0.3, -0.25) is 14.4 Å². The first kappa shape index (κ1) is 26.2. The van der Waals surface area contributed by atoms with Crippen LogP contribution in [-0.2, 0) is 19.1 Å². The molecule has 4 rings (SSSR count). The average molecular weight is 491 g/mol. The molecule has 0 unspecified atom stereocenters. The van der Waals surface area contributed by atoms with Crippen LogP contribution in [-0.4, -0.2) is 46.1 Å². The van der Waals surface area contributed by atoms with Gasteiger partial charge >= 0.3 is 5.97 Å². The van der Waals surface area contributed by atoms with Gasteiger partial charge in [0, 0.05) is 29.1 Å². The van der Waals surface area contributed by atoms with Crippen LogP contribution in [0.2, 0.25) is 0 Å². The number of fused-ring (bicyclic) bond motifs is 5. The van der Waals surface area contributed by atoms with E-state index in [1.807, 2.05) is 27.7 Å². The fourth-order valence-corrected chi connectivity index (χ4v) is 8.46. The topological polar surface area (TPSA) is 101 Å². The summed E-state index contributed by atoms with van der Waals surface area (Å²) in [6.07, 6.45) is 6.65. The number of ketones is 2. The lowest BCUT2D eigenvalue weighted by Crippen LogP contribution is -2.64. The Morgan fingerprint density at radius 2 is 1.97 bits per heavy atom. The number of rotatable bonds is 7. The number of Topliss-reactive ketones (excluding diaryl/α,β-unsaturated/α-hetero) is 1. The van der Waals surface area contributed by atoms with E-state index in [9.17, 15) is 29.0 Å². The number of carbonyl (C=O) groups is 3. The van der Waals surface area contributed by atoms with Gasteiger partial charge in [-0.05, 0) is 55.6 Å². The van der Waals surface area contributed by atoms with Crippen molar-refractivity contribution in [1.29, 1.82) is 0 Å². The molecule has 6 nitrogen and oxygen atoms in total. The van der Waals surface area contributed by atoms with Crippen LogP contribution in [0.4, 0.5) is 4.39 Å². The number of allylic oxidation sites excluding steroid dienone is 4. The maximum Gasteiger partial charge on any atom is 0.306 e. The molecule has 0 saturated heterocycles. The number of ether oxygens (including phenoxy) is 1.